The average molecular weight is 401 g/mol. The predicted octanol–water partition coefficient (Wildman–Crippen LogP) is 1.42. The second kappa shape index (κ2) is 9.66. The van der Waals surface area contributed by atoms with Gasteiger partial charge in [-0.3, -0.25) is 14.8 Å². The summed E-state index contributed by atoms with van der Waals surface area (Å²) in [5.41, 5.74) is 2.71. The van der Waals surface area contributed by atoms with Crippen LogP contribution in [0, 0.1) is 35.5 Å². The Kier molecular flexibility index (Phi) is 7.53. The molecule has 0 heterocycles. The number of hydrogen-bond donors (Lipinski definition) is 4. The van der Waals surface area contributed by atoms with Crippen molar-refractivity contribution < 1.29 is 19.9 Å². The minimum absolute atomic E-state index is 0.172. The number of carbonyl (C=O) groups excluding carboxylic acids is 2. The highest BCUT2D eigenvalue weighted by atomic mass is 32.2. The molecule has 0 aliphatic heterocycles. The summed E-state index contributed by atoms with van der Waals surface area (Å²) in [6, 6.07) is 5.75. The minimum atomic E-state index is -0.903. The van der Waals surface area contributed by atoms with E-state index in [0.29, 0.717) is 11.5 Å². The number of aliphatic hydroxyl groups is 1. The highest BCUT2D eigenvalue weighted by Gasteiger charge is 2.36. The molecule has 4 N–H and O–H groups in total. The maximum Gasteiger partial charge on any atom is 0.267 e. The Morgan fingerprint density at radius 2 is 1.96 bits per heavy atom. The van der Waals surface area contributed by atoms with Gasteiger partial charge in [0.2, 0.25) is 0 Å². The molecule has 0 unspecified atom stereocenters. The van der Waals surface area contributed by atoms with Gasteiger partial charge in [0.25, 0.3) is 11.8 Å². The quantitative estimate of drug-likeness (QED) is 0.329. The van der Waals surface area contributed by atoms with Crippen LogP contribution in [-0.2, 0) is 4.79 Å². The number of aliphatic hydroxyl groups excluding tert-OH is 1. The van der Waals surface area contributed by atoms with Gasteiger partial charge in [0, 0.05) is 28.4 Å². The van der Waals surface area contributed by atoms with Crippen molar-refractivity contribution in [3.63, 3.8) is 0 Å². The van der Waals surface area contributed by atoms with Crippen molar-refractivity contribution in [2.24, 2.45) is 11.8 Å². The Morgan fingerprint density at radius 1 is 1.29 bits per heavy atom. The molecule has 7 heteroatoms. The zero-order chi connectivity index (χ0) is 20.7. The summed E-state index contributed by atoms with van der Waals surface area (Å²) < 4.78 is -0.608. The van der Waals surface area contributed by atoms with Crippen molar-refractivity contribution in [1.82, 2.24) is 10.8 Å². The van der Waals surface area contributed by atoms with Crippen molar-refractivity contribution in [3.05, 3.63) is 35.4 Å². The molecule has 28 heavy (non-hydrogen) atoms. The molecular formula is C21H24N2O4S. The molecule has 6 nitrogen and oxygen atoms in total. The first-order chi connectivity index (χ1) is 13.3. The minimum Gasteiger partial charge on any atom is -0.396 e. The third-order valence-corrected chi connectivity index (χ3v) is 5.99. The lowest BCUT2D eigenvalue weighted by Crippen LogP contribution is -2.55. The van der Waals surface area contributed by atoms with Crippen LogP contribution >= 0.6 is 11.8 Å². The van der Waals surface area contributed by atoms with Gasteiger partial charge in [0.05, 0.1) is 0 Å². The summed E-state index contributed by atoms with van der Waals surface area (Å²) >= 11 is 1.41. The first kappa shape index (κ1) is 21.8. The van der Waals surface area contributed by atoms with E-state index in [1.807, 2.05) is 20.1 Å². The standard InChI is InChI=1S/C21H24N2O4S/c1-21(2,28-3)18(20(26)23-27)22-19(25)15-10-8-14(9-11-15)6-4-5-7-16-12-17(16)13-24/h8-11,16-18,24,27H,12-13H2,1-3H3,(H,22,25)(H,23,26)/t16-,17+,18-/m1/s1. The number of hydrogen-bond acceptors (Lipinski definition) is 5. The molecule has 148 valence electrons. The SMILES string of the molecule is CSC(C)(C)[C@H](NC(=O)c1ccc(C#CC#C[C@@H]2C[C@H]2CO)cc1)C(=O)NO. The maximum absolute atomic E-state index is 12.5. The van der Waals surface area contributed by atoms with E-state index in [-0.39, 0.29) is 12.5 Å². The van der Waals surface area contributed by atoms with Gasteiger partial charge in [-0.05, 0) is 68.5 Å². The van der Waals surface area contributed by atoms with E-state index in [2.05, 4.69) is 29.0 Å². The third-order valence-electron chi connectivity index (χ3n) is 4.70. The average Bonchev–Trinajstić information content (AvgIpc) is 3.47. The Bertz CT molecular complexity index is 843. The first-order valence-electron chi connectivity index (χ1n) is 8.84. The Hall–Kier alpha value is -2.45. The largest absolute Gasteiger partial charge is 0.396 e. The van der Waals surface area contributed by atoms with Gasteiger partial charge in [-0.1, -0.05) is 11.8 Å². The highest BCUT2D eigenvalue weighted by Crippen LogP contribution is 2.36. The smallest absolute Gasteiger partial charge is 0.267 e. The van der Waals surface area contributed by atoms with Crippen molar-refractivity contribution in [2.45, 2.75) is 31.1 Å². The topological polar surface area (TPSA) is 98.7 Å². The monoisotopic (exact) mass is 400 g/mol. The van der Waals surface area contributed by atoms with E-state index in [1.165, 1.54) is 11.8 Å². The van der Waals surface area contributed by atoms with Crippen LogP contribution in [-0.4, -0.2) is 45.8 Å². The van der Waals surface area contributed by atoms with E-state index in [4.69, 9.17) is 10.3 Å². The van der Waals surface area contributed by atoms with Gasteiger partial charge in [-0.25, -0.2) is 5.48 Å². The van der Waals surface area contributed by atoms with Gasteiger partial charge in [0.1, 0.15) is 6.04 Å². The summed E-state index contributed by atoms with van der Waals surface area (Å²) in [6.07, 6.45) is 2.75. The molecule has 1 aromatic carbocycles. The molecule has 1 aromatic rings. The fraction of sp³-hybridized carbons (Fsp3) is 0.429. The molecule has 1 aliphatic carbocycles. The second-order valence-corrected chi connectivity index (χ2v) is 8.53. The number of benzene rings is 1. The fourth-order valence-corrected chi connectivity index (χ4v) is 2.92. The fourth-order valence-electron chi connectivity index (χ4n) is 2.52. The van der Waals surface area contributed by atoms with Crippen LogP contribution in [0.4, 0.5) is 0 Å². The van der Waals surface area contributed by atoms with Gasteiger partial charge >= 0.3 is 0 Å². The molecule has 0 saturated heterocycles. The van der Waals surface area contributed by atoms with Crippen LogP contribution in [0.2, 0.25) is 0 Å². The van der Waals surface area contributed by atoms with E-state index < -0.39 is 22.6 Å². The number of nitrogens with one attached hydrogen (secondary N) is 2. The van der Waals surface area contributed by atoms with Gasteiger partial charge in [-0.15, -0.1) is 0 Å². The number of rotatable bonds is 6. The van der Waals surface area contributed by atoms with Crippen LogP contribution < -0.4 is 10.8 Å². The third kappa shape index (κ3) is 5.77. The molecule has 1 saturated carbocycles. The summed E-state index contributed by atoms with van der Waals surface area (Å²) in [7, 11) is 0. The molecular weight excluding hydrogens is 376 g/mol. The molecule has 2 rings (SSSR count). The molecule has 2 amide bonds. The number of amides is 2. The van der Waals surface area contributed by atoms with Crippen LogP contribution in [0.1, 0.15) is 36.2 Å². The Morgan fingerprint density at radius 3 is 2.50 bits per heavy atom. The Labute approximate surface area is 169 Å². The van der Waals surface area contributed by atoms with Crippen LogP contribution in [0.5, 0.6) is 0 Å². The normalized spacial score (nSPS) is 18.6. The Balaban J connectivity index is 2.02. The lowest BCUT2D eigenvalue weighted by molar-refractivity contribution is -0.131. The number of thioether (sulfide) groups is 1. The van der Waals surface area contributed by atoms with Crippen molar-refractivity contribution in [3.8, 4) is 23.7 Å². The zero-order valence-corrected chi connectivity index (χ0v) is 16.9. The van der Waals surface area contributed by atoms with E-state index in [0.717, 1.165) is 12.0 Å². The molecule has 0 aromatic heterocycles. The lowest BCUT2D eigenvalue weighted by atomic mass is 10.0. The summed E-state index contributed by atoms with van der Waals surface area (Å²) in [5, 5.41) is 20.6. The van der Waals surface area contributed by atoms with Crippen molar-refractivity contribution >= 4 is 23.6 Å². The van der Waals surface area contributed by atoms with Gasteiger partial charge in [0.15, 0.2) is 0 Å². The summed E-state index contributed by atoms with van der Waals surface area (Å²) in [4.78, 5) is 24.4. The molecule has 1 fully saturated rings. The van der Waals surface area contributed by atoms with Crippen molar-refractivity contribution in [2.75, 3.05) is 12.9 Å². The number of carbonyl (C=O) groups is 2. The lowest BCUT2D eigenvalue weighted by Gasteiger charge is -2.31. The molecule has 0 radical (unpaired) electrons. The highest BCUT2D eigenvalue weighted by molar-refractivity contribution is 8.00. The van der Waals surface area contributed by atoms with Gasteiger partial charge < -0.3 is 10.4 Å². The van der Waals surface area contributed by atoms with Crippen molar-refractivity contribution in [1.29, 1.82) is 0 Å². The van der Waals surface area contributed by atoms with Crippen LogP contribution in [0.15, 0.2) is 24.3 Å². The predicted molar refractivity (Wildman–Crippen MR) is 109 cm³/mol. The zero-order valence-electron chi connectivity index (χ0n) is 16.1. The first-order valence-corrected chi connectivity index (χ1v) is 10.1. The van der Waals surface area contributed by atoms with E-state index >= 15 is 0 Å². The van der Waals surface area contributed by atoms with Crippen LogP contribution in [0.3, 0.4) is 0 Å². The van der Waals surface area contributed by atoms with Crippen LogP contribution in [0.25, 0.3) is 0 Å². The summed E-state index contributed by atoms with van der Waals surface area (Å²) in [6.45, 7) is 3.79. The maximum atomic E-state index is 12.5. The molecule has 1 aliphatic rings. The second-order valence-electron chi connectivity index (χ2n) is 7.07. The molecule has 0 bridgehead atoms. The summed E-state index contributed by atoms with van der Waals surface area (Å²) in [5.74, 6) is 10.9. The molecule has 0 spiro atoms. The van der Waals surface area contributed by atoms with E-state index in [9.17, 15) is 9.59 Å². The molecule has 3 atom stereocenters. The number of hydroxylamine groups is 1. The van der Waals surface area contributed by atoms with E-state index in [1.54, 1.807) is 29.7 Å². The van der Waals surface area contributed by atoms with Gasteiger partial charge in [-0.2, -0.15) is 11.8 Å².